The van der Waals surface area contributed by atoms with Crippen LogP contribution in [0.4, 0.5) is 5.69 Å². The van der Waals surface area contributed by atoms with Crippen LogP contribution in [0.15, 0.2) is 53.4 Å². The van der Waals surface area contributed by atoms with Gasteiger partial charge in [0.25, 0.3) is 0 Å². The largest absolute Gasteiger partial charge is 0.326 e. The summed E-state index contributed by atoms with van der Waals surface area (Å²) < 4.78 is 24.2. The van der Waals surface area contributed by atoms with Crippen LogP contribution in [0.2, 0.25) is 0 Å². The second-order valence-corrected chi connectivity index (χ2v) is 8.60. The zero-order chi connectivity index (χ0) is 18.6. The monoisotopic (exact) mass is 359 g/mol. The van der Waals surface area contributed by atoms with Gasteiger partial charge >= 0.3 is 0 Å². The number of hydrogen-bond acceptors (Lipinski definition) is 4. The molecule has 0 spiro atoms. The van der Waals surface area contributed by atoms with E-state index in [-0.39, 0.29) is 23.0 Å². The highest BCUT2D eigenvalue weighted by Crippen LogP contribution is 2.17. The van der Waals surface area contributed by atoms with E-state index >= 15 is 0 Å². The van der Waals surface area contributed by atoms with Gasteiger partial charge in [0.15, 0.2) is 15.6 Å². The Labute approximate surface area is 148 Å². The van der Waals surface area contributed by atoms with Crippen LogP contribution < -0.4 is 5.32 Å². The summed E-state index contributed by atoms with van der Waals surface area (Å²) in [5.74, 6) is -0.307. The van der Waals surface area contributed by atoms with E-state index in [1.165, 1.54) is 19.1 Å². The molecule has 0 aromatic heterocycles. The molecule has 5 nitrogen and oxygen atoms in total. The Balaban J connectivity index is 2.06. The third-order valence-corrected chi connectivity index (χ3v) is 5.96. The van der Waals surface area contributed by atoms with E-state index in [4.69, 9.17) is 0 Å². The first kappa shape index (κ1) is 18.9. The molecule has 0 aliphatic carbocycles. The van der Waals surface area contributed by atoms with Crippen LogP contribution in [-0.2, 0) is 21.1 Å². The van der Waals surface area contributed by atoms with E-state index in [9.17, 15) is 18.0 Å². The number of amides is 1. The first-order valence-electron chi connectivity index (χ1n) is 7.94. The molecular weight excluding hydrogens is 338 g/mol. The number of carbonyl (C=O) groups excluding carboxylic acids is 2. The lowest BCUT2D eigenvalue weighted by Crippen LogP contribution is -2.16. The van der Waals surface area contributed by atoms with Gasteiger partial charge in [0, 0.05) is 11.3 Å². The third kappa shape index (κ3) is 4.76. The number of ketones is 1. The van der Waals surface area contributed by atoms with E-state index in [1.807, 2.05) is 0 Å². The molecule has 2 aromatic carbocycles. The van der Waals surface area contributed by atoms with Crippen molar-refractivity contribution < 1.29 is 18.0 Å². The number of Topliss-reactive ketones (excluding diaryl/α,β-unsaturated/α-hetero) is 1. The van der Waals surface area contributed by atoms with Crippen molar-refractivity contribution in [3.05, 3.63) is 59.7 Å². The number of nitrogens with one attached hydrogen (secondary N) is 1. The van der Waals surface area contributed by atoms with Gasteiger partial charge in [0.2, 0.25) is 5.91 Å². The standard InChI is InChI=1S/C19H21NO4S/c1-13(2)25(23,24)18-9-7-15(8-10-18)11-19(22)20-17-6-4-5-16(12-17)14(3)21/h4-10,12-13H,11H2,1-3H3,(H,20,22). The molecule has 0 saturated carbocycles. The molecule has 2 rings (SSSR count). The quantitative estimate of drug-likeness (QED) is 0.803. The molecule has 1 amide bonds. The van der Waals surface area contributed by atoms with Crippen LogP contribution in [0, 0.1) is 0 Å². The highest BCUT2D eigenvalue weighted by Gasteiger charge is 2.18. The van der Waals surface area contributed by atoms with Crippen molar-refractivity contribution in [1.29, 1.82) is 0 Å². The predicted octanol–water partition coefficient (Wildman–Crippen LogP) is 3.25. The minimum Gasteiger partial charge on any atom is -0.326 e. The van der Waals surface area contributed by atoms with Crippen LogP contribution >= 0.6 is 0 Å². The number of anilines is 1. The molecular formula is C19H21NO4S. The van der Waals surface area contributed by atoms with E-state index in [0.29, 0.717) is 16.8 Å². The minimum absolute atomic E-state index is 0.0713. The average Bonchev–Trinajstić information content (AvgIpc) is 2.55. The second kappa shape index (κ2) is 7.61. The molecule has 0 bridgehead atoms. The summed E-state index contributed by atoms with van der Waals surface area (Å²) in [7, 11) is -3.32. The highest BCUT2D eigenvalue weighted by molar-refractivity contribution is 7.92. The van der Waals surface area contributed by atoms with Crippen LogP contribution in [-0.4, -0.2) is 25.4 Å². The molecule has 0 aliphatic heterocycles. The molecule has 0 atom stereocenters. The van der Waals surface area contributed by atoms with Gasteiger partial charge in [-0.3, -0.25) is 9.59 Å². The first-order valence-corrected chi connectivity index (χ1v) is 9.48. The minimum atomic E-state index is -3.32. The molecule has 0 fully saturated rings. The maximum atomic E-state index is 12.1. The molecule has 132 valence electrons. The molecule has 0 saturated heterocycles. The van der Waals surface area contributed by atoms with Crippen LogP contribution in [0.5, 0.6) is 0 Å². The summed E-state index contributed by atoms with van der Waals surface area (Å²) in [5.41, 5.74) is 1.79. The summed E-state index contributed by atoms with van der Waals surface area (Å²) in [6.45, 7) is 4.73. The SMILES string of the molecule is CC(=O)c1cccc(NC(=O)Cc2ccc(S(=O)(=O)C(C)C)cc2)c1. The fourth-order valence-corrected chi connectivity index (χ4v) is 3.34. The van der Waals surface area contributed by atoms with Crippen molar-refractivity contribution in [3.8, 4) is 0 Å². The summed E-state index contributed by atoms with van der Waals surface area (Å²) in [6.07, 6.45) is 0.117. The van der Waals surface area contributed by atoms with Crippen molar-refractivity contribution in [2.45, 2.75) is 37.3 Å². The lowest BCUT2D eigenvalue weighted by molar-refractivity contribution is -0.115. The molecule has 0 heterocycles. The number of sulfone groups is 1. The van der Waals surface area contributed by atoms with E-state index in [1.54, 1.807) is 50.2 Å². The lowest BCUT2D eigenvalue weighted by atomic mass is 10.1. The van der Waals surface area contributed by atoms with Gasteiger partial charge in [-0.15, -0.1) is 0 Å². The van der Waals surface area contributed by atoms with E-state index < -0.39 is 15.1 Å². The first-order chi connectivity index (χ1) is 11.7. The number of hydrogen-bond donors (Lipinski definition) is 1. The third-order valence-electron chi connectivity index (χ3n) is 3.79. The van der Waals surface area contributed by atoms with E-state index in [0.717, 1.165) is 0 Å². The molecule has 0 radical (unpaired) electrons. The van der Waals surface area contributed by atoms with E-state index in [2.05, 4.69) is 5.32 Å². The Hall–Kier alpha value is -2.47. The van der Waals surface area contributed by atoms with Crippen molar-refractivity contribution in [2.75, 3.05) is 5.32 Å². The zero-order valence-electron chi connectivity index (χ0n) is 14.4. The van der Waals surface area contributed by atoms with Gasteiger partial charge < -0.3 is 5.32 Å². The number of carbonyl (C=O) groups is 2. The normalized spacial score (nSPS) is 11.4. The van der Waals surface area contributed by atoms with Crippen molar-refractivity contribution >= 4 is 27.2 Å². The molecule has 0 aliphatic rings. The summed E-state index contributed by atoms with van der Waals surface area (Å²) in [5, 5.41) is 2.25. The topological polar surface area (TPSA) is 80.3 Å². The highest BCUT2D eigenvalue weighted by atomic mass is 32.2. The lowest BCUT2D eigenvalue weighted by Gasteiger charge is -2.09. The molecule has 2 aromatic rings. The second-order valence-electron chi connectivity index (χ2n) is 6.10. The van der Waals surface area contributed by atoms with Gasteiger partial charge in [-0.2, -0.15) is 0 Å². The van der Waals surface area contributed by atoms with Gasteiger partial charge in [-0.05, 0) is 50.6 Å². The van der Waals surface area contributed by atoms with Crippen LogP contribution in [0.1, 0.15) is 36.7 Å². The summed E-state index contributed by atoms with van der Waals surface area (Å²) in [4.78, 5) is 23.8. The van der Waals surface area contributed by atoms with Crippen molar-refractivity contribution in [3.63, 3.8) is 0 Å². The Morgan fingerprint density at radius 1 is 1.04 bits per heavy atom. The Bertz CT molecular complexity index is 884. The number of rotatable bonds is 6. The fourth-order valence-electron chi connectivity index (χ4n) is 2.28. The summed E-state index contributed by atoms with van der Waals surface area (Å²) in [6, 6.07) is 13.1. The van der Waals surface area contributed by atoms with Crippen molar-refractivity contribution in [2.24, 2.45) is 0 Å². The summed E-state index contributed by atoms with van der Waals surface area (Å²) >= 11 is 0. The smallest absolute Gasteiger partial charge is 0.228 e. The van der Waals surface area contributed by atoms with Gasteiger partial charge in [-0.1, -0.05) is 24.3 Å². The van der Waals surface area contributed by atoms with Gasteiger partial charge in [-0.25, -0.2) is 8.42 Å². The maximum absolute atomic E-state index is 12.1. The van der Waals surface area contributed by atoms with Crippen molar-refractivity contribution in [1.82, 2.24) is 0 Å². The molecule has 6 heteroatoms. The van der Waals surface area contributed by atoms with Gasteiger partial charge in [0.05, 0.1) is 16.6 Å². The maximum Gasteiger partial charge on any atom is 0.228 e. The fraction of sp³-hybridized carbons (Fsp3) is 0.263. The van der Waals surface area contributed by atoms with Crippen LogP contribution in [0.3, 0.4) is 0 Å². The molecule has 0 unspecified atom stereocenters. The average molecular weight is 359 g/mol. The Morgan fingerprint density at radius 2 is 1.68 bits per heavy atom. The van der Waals surface area contributed by atoms with Crippen LogP contribution in [0.25, 0.3) is 0 Å². The molecule has 25 heavy (non-hydrogen) atoms. The predicted molar refractivity (Wildman–Crippen MR) is 97.5 cm³/mol. The zero-order valence-corrected chi connectivity index (χ0v) is 15.3. The number of benzene rings is 2. The Kier molecular flexibility index (Phi) is 5.74. The molecule has 1 N–H and O–H groups in total. The van der Waals surface area contributed by atoms with Gasteiger partial charge in [0.1, 0.15) is 0 Å². The Morgan fingerprint density at radius 3 is 2.24 bits per heavy atom.